The van der Waals surface area contributed by atoms with Crippen LogP contribution in [0.4, 0.5) is 0 Å². The maximum Gasteiger partial charge on any atom is 0.258 e. The number of amides is 1. The molecule has 31 heavy (non-hydrogen) atoms. The number of rotatable bonds is 6. The van der Waals surface area contributed by atoms with Gasteiger partial charge >= 0.3 is 0 Å². The van der Waals surface area contributed by atoms with Crippen molar-refractivity contribution in [1.29, 1.82) is 0 Å². The Morgan fingerprint density at radius 2 is 2.03 bits per heavy atom. The van der Waals surface area contributed by atoms with E-state index in [4.69, 9.17) is 4.52 Å². The fourth-order valence-corrected chi connectivity index (χ4v) is 3.79. The van der Waals surface area contributed by atoms with Crippen molar-refractivity contribution in [2.45, 2.75) is 19.9 Å². The van der Waals surface area contributed by atoms with Crippen molar-refractivity contribution in [3.05, 3.63) is 87.7 Å². The largest absolute Gasteiger partial charge is 0.396 e. The van der Waals surface area contributed by atoms with E-state index >= 15 is 0 Å². The summed E-state index contributed by atoms with van der Waals surface area (Å²) in [7, 11) is 1.58. The van der Waals surface area contributed by atoms with Crippen molar-refractivity contribution in [3.63, 3.8) is 0 Å². The molecule has 7 heteroatoms. The predicted molar refractivity (Wildman–Crippen MR) is 118 cm³/mol. The van der Waals surface area contributed by atoms with Crippen LogP contribution in [0.1, 0.15) is 27.2 Å². The van der Waals surface area contributed by atoms with Crippen molar-refractivity contribution >= 4 is 16.7 Å². The van der Waals surface area contributed by atoms with Gasteiger partial charge in [0.15, 0.2) is 0 Å². The zero-order valence-electron chi connectivity index (χ0n) is 17.4. The fraction of sp³-hybridized carbons (Fsp3) is 0.208. The first-order valence-corrected chi connectivity index (χ1v) is 10.0. The van der Waals surface area contributed by atoms with Crippen LogP contribution in [0, 0.1) is 6.92 Å². The molecule has 2 N–H and O–H groups in total. The van der Waals surface area contributed by atoms with E-state index < -0.39 is 0 Å². The molecule has 0 saturated carbocycles. The summed E-state index contributed by atoms with van der Waals surface area (Å²) in [4.78, 5) is 25.2. The van der Waals surface area contributed by atoms with Crippen molar-refractivity contribution in [2.75, 3.05) is 13.7 Å². The molecule has 0 radical (unpaired) electrons. The molecule has 0 aliphatic carbocycles. The van der Waals surface area contributed by atoms with Crippen LogP contribution in [-0.4, -0.2) is 34.4 Å². The Balaban J connectivity index is 1.81. The summed E-state index contributed by atoms with van der Waals surface area (Å²) in [6, 6.07) is 12.8. The van der Waals surface area contributed by atoms with Gasteiger partial charge in [-0.15, -0.1) is 0 Å². The van der Waals surface area contributed by atoms with Gasteiger partial charge in [0, 0.05) is 36.4 Å². The van der Waals surface area contributed by atoms with Crippen LogP contribution in [0.25, 0.3) is 21.9 Å². The Kier molecular flexibility index (Phi) is 5.68. The van der Waals surface area contributed by atoms with E-state index in [1.54, 1.807) is 48.3 Å². The van der Waals surface area contributed by atoms with Crippen molar-refractivity contribution in [3.8, 4) is 11.1 Å². The lowest BCUT2D eigenvalue weighted by atomic mass is 9.99. The Morgan fingerprint density at radius 1 is 1.19 bits per heavy atom. The summed E-state index contributed by atoms with van der Waals surface area (Å²) >= 11 is 0. The van der Waals surface area contributed by atoms with E-state index in [9.17, 15) is 14.7 Å². The molecule has 0 fully saturated rings. The van der Waals surface area contributed by atoms with Crippen LogP contribution < -0.4 is 10.9 Å². The quantitative estimate of drug-likeness (QED) is 0.503. The number of aliphatic hydroxyl groups is 1. The third-order valence-electron chi connectivity index (χ3n) is 5.38. The predicted octanol–water partition coefficient (Wildman–Crippen LogP) is 2.91. The van der Waals surface area contributed by atoms with E-state index in [-0.39, 0.29) is 18.1 Å². The summed E-state index contributed by atoms with van der Waals surface area (Å²) in [5.41, 5.74) is 4.67. The third kappa shape index (κ3) is 4.00. The minimum Gasteiger partial charge on any atom is -0.396 e. The van der Waals surface area contributed by atoms with E-state index in [0.717, 1.165) is 33.3 Å². The molecule has 0 bridgehead atoms. The molecule has 0 aliphatic heterocycles. The van der Waals surface area contributed by atoms with E-state index in [2.05, 4.69) is 10.5 Å². The van der Waals surface area contributed by atoms with Gasteiger partial charge in [0.2, 0.25) is 0 Å². The van der Waals surface area contributed by atoms with Gasteiger partial charge in [0.05, 0.1) is 12.2 Å². The second-order valence-corrected chi connectivity index (χ2v) is 7.41. The van der Waals surface area contributed by atoms with E-state index in [0.29, 0.717) is 23.9 Å². The lowest BCUT2D eigenvalue weighted by Crippen LogP contribution is -2.22. The van der Waals surface area contributed by atoms with Gasteiger partial charge in [-0.2, -0.15) is 0 Å². The summed E-state index contributed by atoms with van der Waals surface area (Å²) in [5.74, 6) is -0.176. The zero-order chi connectivity index (χ0) is 22.0. The number of benzene rings is 2. The number of hydrogen-bond donors (Lipinski definition) is 2. The molecule has 158 valence electrons. The average Bonchev–Trinajstić information content (AvgIpc) is 3.22. The van der Waals surface area contributed by atoms with Crippen LogP contribution in [0.2, 0.25) is 0 Å². The molecule has 4 aromatic rings. The van der Waals surface area contributed by atoms with Crippen LogP contribution in [0.3, 0.4) is 0 Å². The Labute approximate surface area is 178 Å². The van der Waals surface area contributed by atoms with E-state index in [1.807, 2.05) is 25.1 Å². The van der Waals surface area contributed by atoms with Crippen LogP contribution in [0.15, 0.2) is 64.2 Å². The molecule has 7 nitrogen and oxygen atoms in total. The minimum atomic E-state index is -0.176. The number of fused-ring (bicyclic) bond motifs is 1. The highest BCUT2D eigenvalue weighted by atomic mass is 16.5. The van der Waals surface area contributed by atoms with Crippen LogP contribution >= 0.6 is 0 Å². The molecule has 0 saturated heterocycles. The van der Waals surface area contributed by atoms with Gasteiger partial charge in [0.25, 0.3) is 11.5 Å². The summed E-state index contributed by atoms with van der Waals surface area (Å²) in [6.45, 7) is 2.16. The topological polar surface area (TPSA) is 97.4 Å². The van der Waals surface area contributed by atoms with E-state index in [1.165, 1.54) is 0 Å². The van der Waals surface area contributed by atoms with Gasteiger partial charge < -0.3 is 19.5 Å². The lowest BCUT2D eigenvalue weighted by Gasteiger charge is -2.13. The van der Waals surface area contributed by atoms with Gasteiger partial charge in [-0.25, -0.2) is 0 Å². The highest BCUT2D eigenvalue weighted by Gasteiger charge is 2.13. The molecular formula is C24H23N3O4. The van der Waals surface area contributed by atoms with Crippen LogP contribution in [-0.2, 0) is 13.0 Å². The number of pyridine rings is 1. The zero-order valence-corrected chi connectivity index (χ0v) is 17.4. The molecule has 2 aromatic heterocycles. The molecular weight excluding hydrogens is 394 g/mol. The smallest absolute Gasteiger partial charge is 0.258 e. The molecule has 2 aromatic carbocycles. The first-order valence-electron chi connectivity index (χ1n) is 10.0. The number of nitrogens with zero attached hydrogens (tertiary/aromatic N) is 2. The maximum atomic E-state index is 13.2. The number of carbonyl (C=O) groups excluding carboxylic acids is 1. The third-order valence-corrected chi connectivity index (χ3v) is 5.38. The van der Waals surface area contributed by atoms with Gasteiger partial charge in [-0.05, 0) is 59.7 Å². The van der Waals surface area contributed by atoms with Gasteiger partial charge in [0.1, 0.15) is 6.26 Å². The minimum absolute atomic E-state index is 0.0318. The lowest BCUT2D eigenvalue weighted by molar-refractivity contribution is 0.0963. The Morgan fingerprint density at radius 3 is 2.74 bits per heavy atom. The first kappa shape index (κ1) is 20.6. The molecule has 2 heterocycles. The number of aryl methyl sites for hydroxylation is 1. The average molecular weight is 417 g/mol. The standard InChI is InChI=1S/C24H23N3O4/c1-15-22(14-31-26-15)17-6-7-20-21(11-17)19(8-9-28)13-27(24(20)30)12-16-4-3-5-18(10-16)23(29)25-2/h3-7,10-11,13-14,28H,8-9,12H2,1-2H3,(H,25,29). The second-order valence-electron chi connectivity index (χ2n) is 7.41. The molecule has 0 aliphatic rings. The van der Waals surface area contributed by atoms with Crippen LogP contribution in [0.5, 0.6) is 0 Å². The summed E-state index contributed by atoms with van der Waals surface area (Å²) < 4.78 is 6.67. The monoisotopic (exact) mass is 417 g/mol. The van der Waals surface area contributed by atoms with Crippen molar-refractivity contribution < 1.29 is 14.4 Å². The molecule has 0 unspecified atom stereocenters. The Hall–Kier alpha value is -3.71. The number of nitrogens with one attached hydrogen (secondary N) is 1. The first-order chi connectivity index (χ1) is 15.0. The summed E-state index contributed by atoms with van der Waals surface area (Å²) in [5, 5.41) is 17.5. The SMILES string of the molecule is CNC(=O)c1cccc(Cn2cc(CCO)c3cc(-c4conc4C)ccc3c2=O)c1. The summed E-state index contributed by atoms with van der Waals surface area (Å²) in [6.07, 6.45) is 3.79. The normalized spacial score (nSPS) is 11.1. The second kappa shape index (κ2) is 8.57. The van der Waals surface area contributed by atoms with Crippen molar-refractivity contribution in [1.82, 2.24) is 15.0 Å². The maximum absolute atomic E-state index is 13.2. The van der Waals surface area contributed by atoms with Gasteiger partial charge in [-0.3, -0.25) is 9.59 Å². The number of aromatic nitrogens is 2. The van der Waals surface area contributed by atoms with Crippen molar-refractivity contribution in [2.24, 2.45) is 0 Å². The number of carbonyl (C=O) groups is 1. The fourth-order valence-electron chi connectivity index (χ4n) is 3.79. The molecule has 4 rings (SSSR count). The molecule has 0 spiro atoms. The highest BCUT2D eigenvalue weighted by Crippen LogP contribution is 2.27. The Bertz CT molecular complexity index is 1320. The highest BCUT2D eigenvalue weighted by molar-refractivity contribution is 5.94. The number of hydrogen-bond acceptors (Lipinski definition) is 5. The number of aliphatic hydroxyl groups excluding tert-OH is 1. The molecule has 0 atom stereocenters. The van der Waals surface area contributed by atoms with Gasteiger partial charge in [-0.1, -0.05) is 23.4 Å². The molecule has 1 amide bonds.